The molecule has 0 atom stereocenters. The topological polar surface area (TPSA) is 3.24 Å². The molecule has 0 fully saturated rings. The molecule has 7 rings (SSSR count). The molecule has 220 valence electrons. The average molecular weight is 582 g/mol. The maximum absolute atomic E-state index is 2.46. The molecular weight excluding hydrogens is 542 g/mol. The second kappa shape index (κ2) is 12.8. The van der Waals surface area contributed by atoms with Crippen LogP contribution in [0.25, 0.3) is 43.5 Å². The van der Waals surface area contributed by atoms with Crippen LogP contribution in [-0.4, -0.2) is 0 Å². The summed E-state index contributed by atoms with van der Waals surface area (Å²) in [7, 11) is 0. The number of benzene rings is 7. The second-order valence-electron chi connectivity index (χ2n) is 11.9. The molecule has 0 heterocycles. The Labute approximate surface area is 267 Å². The molecule has 0 aliphatic rings. The maximum atomic E-state index is 2.46. The third-order valence-corrected chi connectivity index (χ3v) is 8.92. The van der Waals surface area contributed by atoms with Crippen molar-refractivity contribution in [2.24, 2.45) is 0 Å². The lowest BCUT2D eigenvalue weighted by atomic mass is 9.87. The van der Waals surface area contributed by atoms with E-state index >= 15 is 0 Å². The summed E-state index contributed by atoms with van der Waals surface area (Å²) in [5.41, 5.74) is 9.12. The van der Waals surface area contributed by atoms with Crippen LogP contribution in [-0.2, 0) is 0 Å². The lowest BCUT2D eigenvalue weighted by Gasteiger charge is -2.27. The van der Waals surface area contributed by atoms with Gasteiger partial charge in [0.15, 0.2) is 0 Å². The van der Waals surface area contributed by atoms with E-state index in [4.69, 9.17) is 0 Å². The van der Waals surface area contributed by atoms with Crippen LogP contribution in [0.15, 0.2) is 152 Å². The van der Waals surface area contributed by atoms with Gasteiger partial charge in [-0.05, 0) is 105 Å². The van der Waals surface area contributed by atoms with Crippen LogP contribution in [0.3, 0.4) is 0 Å². The summed E-state index contributed by atoms with van der Waals surface area (Å²) in [5.74, 6) is 0. The first kappa shape index (κ1) is 28.6. The summed E-state index contributed by atoms with van der Waals surface area (Å²) in [5, 5.41) is 7.68. The van der Waals surface area contributed by atoms with Gasteiger partial charge in [0.05, 0.1) is 5.69 Å². The Hall–Kier alpha value is -5.14. The Morgan fingerprint density at radius 1 is 0.422 bits per heavy atom. The van der Waals surface area contributed by atoms with Crippen molar-refractivity contribution in [3.05, 3.63) is 163 Å². The molecule has 0 saturated heterocycles. The van der Waals surface area contributed by atoms with Gasteiger partial charge in [0.1, 0.15) is 0 Å². The van der Waals surface area contributed by atoms with E-state index < -0.39 is 0 Å². The van der Waals surface area contributed by atoms with Crippen LogP contribution in [0.2, 0.25) is 0 Å². The fourth-order valence-corrected chi connectivity index (χ4v) is 6.85. The number of anilines is 3. The van der Waals surface area contributed by atoms with Crippen molar-refractivity contribution in [1.29, 1.82) is 0 Å². The Kier molecular flexibility index (Phi) is 8.17. The first-order chi connectivity index (χ1) is 22.2. The van der Waals surface area contributed by atoms with E-state index in [1.165, 1.54) is 60.3 Å². The van der Waals surface area contributed by atoms with E-state index in [-0.39, 0.29) is 0 Å². The summed E-state index contributed by atoms with van der Waals surface area (Å²) in [6.07, 6.45) is 4.34. The van der Waals surface area contributed by atoms with Crippen LogP contribution >= 0.6 is 0 Å². The molecule has 0 amide bonds. The van der Waals surface area contributed by atoms with Crippen molar-refractivity contribution >= 4 is 60.5 Å². The molecule has 1 nitrogen and oxygen atoms in total. The largest absolute Gasteiger partial charge is 0.310 e. The number of hydrogen-bond donors (Lipinski definition) is 0. The normalized spacial score (nSPS) is 12.0. The molecule has 7 aromatic carbocycles. The Bertz CT molecular complexity index is 2080. The van der Waals surface area contributed by atoms with Crippen molar-refractivity contribution in [1.82, 2.24) is 0 Å². The fraction of sp³-hybridized carbons (Fsp3) is 0.136. The first-order valence-corrected chi connectivity index (χ1v) is 16.3. The molecule has 1 heteroatoms. The predicted molar refractivity (Wildman–Crippen MR) is 197 cm³/mol. The van der Waals surface area contributed by atoms with Crippen molar-refractivity contribution in [3.63, 3.8) is 0 Å². The van der Waals surface area contributed by atoms with E-state index in [2.05, 4.69) is 170 Å². The standard InChI is InChI=1S/C44H39N/c1-3-15-39(34-26-25-32-17-11-12-18-33(32)29-34)40(16-4-2)35-27-28-36-31-44(42-24-14-13-23-41(42)43(36)30-35)45(37-19-7-5-8-20-37)38-21-9-6-10-22-38/h5-14,17-31H,3-4,15-16H2,1-2H3. The van der Waals surface area contributed by atoms with Gasteiger partial charge in [0, 0.05) is 16.8 Å². The maximum Gasteiger partial charge on any atom is 0.0546 e. The second-order valence-corrected chi connectivity index (χ2v) is 11.9. The van der Waals surface area contributed by atoms with Gasteiger partial charge in [-0.3, -0.25) is 0 Å². The third kappa shape index (κ3) is 5.63. The highest BCUT2D eigenvalue weighted by molar-refractivity contribution is 6.15. The van der Waals surface area contributed by atoms with Crippen molar-refractivity contribution in [2.75, 3.05) is 4.90 Å². The molecular formula is C44H39N. The van der Waals surface area contributed by atoms with Gasteiger partial charge in [-0.2, -0.15) is 0 Å². The van der Waals surface area contributed by atoms with Crippen LogP contribution in [0.4, 0.5) is 17.1 Å². The molecule has 0 aliphatic heterocycles. The highest BCUT2D eigenvalue weighted by Gasteiger charge is 2.18. The van der Waals surface area contributed by atoms with E-state index in [9.17, 15) is 0 Å². The zero-order valence-corrected chi connectivity index (χ0v) is 26.2. The number of para-hydroxylation sites is 2. The van der Waals surface area contributed by atoms with Gasteiger partial charge < -0.3 is 4.90 Å². The van der Waals surface area contributed by atoms with Gasteiger partial charge in [0.25, 0.3) is 0 Å². The van der Waals surface area contributed by atoms with E-state index in [1.54, 1.807) is 0 Å². The molecule has 0 unspecified atom stereocenters. The fourth-order valence-electron chi connectivity index (χ4n) is 6.85. The minimum absolute atomic E-state index is 1.06. The number of allylic oxidation sites excluding steroid dienone is 2. The number of fused-ring (bicyclic) bond motifs is 4. The molecule has 0 N–H and O–H groups in total. The Morgan fingerprint density at radius 3 is 1.56 bits per heavy atom. The van der Waals surface area contributed by atoms with Crippen molar-refractivity contribution in [2.45, 2.75) is 39.5 Å². The van der Waals surface area contributed by atoms with Crippen LogP contribution < -0.4 is 4.90 Å². The number of hydrogen-bond acceptors (Lipinski definition) is 1. The summed E-state index contributed by atoms with van der Waals surface area (Å²) in [6, 6.07) is 55.5. The molecule has 7 aromatic rings. The van der Waals surface area contributed by atoms with Gasteiger partial charge >= 0.3 is 0 Å². The molecule has 0 aliphatic carbocycles. The van der Waals surface area contributed by atoms with Crippen molar-refractivity contribution < 1.29 is 0 Å². The first-order valence-electron chi connectivity index (χ1n) is 16.3. The summed E-state index contributed by atoms with van der Waals surface area (Å²) in [4.78, 5) is 2.39. The van der Waals surface area contributed by atoms with Gasteiger partial charge in [-0.1, -0.05) is 136 Å². The summed E-state index contributed by atoms with van der Waals surface area (Å²) < 4.78 is 0. The predicted octanol–water partition coefficient (Wildman–Crippen LogP) is 13.1. The van der Waals surface area contributed by atoms with Crippen LogP contribution in [0.5, 0.6) is 0 Å². The van der Waals surface area contributed by atoms with Crippen molar-refractivity contribution in [3.8, 4) is 0 Å². The quantitative estimate of drug-likeness (QED) is 0.121. The number of nitrogens with zero attached hydrogens (tertiary/aromatic N) is 1. The van der Waals surface area contributed by atoms with E-state index in [0.29, 0.717) is 0 Å². The van der Waals surface area contributed by atoms with Gasteiger partial charge in [0.2, 0.25) is 0 Å². The zero-order chi connectivity index (χ0) is 30.6. The third-order valence-electron chi connectivity index (χ3n) is 8.92. The molecule has 0 bridgehead atoms. The smallest absolute Gasteiger partial charge is 0.0546 e. The molecule has 45 heavy (non-hydrogen) atoms. The van der Waals surface area contributed by atoms with Crippen LogP contribution in [0, 0.1) is 0 Å². The monoisotopic (exact) mass is 581 g/mol. The SMILES string of the molecule is CCCC(=C(CCC)c1ccc2cc(N(c3ccccc3)c3ccccc3)c3ccccc3c2c1)c1ccc2ccccc2c1. The molecule has 0 radical (unpaired) electrons. The number of rotatable bonds is 9. The van der Waals surface area contributed by atoms with E-state index in [1.807, 2.05) is 0 Å². The molecule has 0 aromatic heterocycles. The average Bonchev–Trinajstić information content (AvgIpc) is 3.10. The minimum Gasteiger partial charge on any atom is -0.310 e. The minimum atomic E-state index is 1.06. The zero-order valence-electron chi connectivity index (χ0n) is 26.2. The lowest BCUT2D eigenvalue weighted by molar-refractivity contribution is 0.945. The summed E-state index contributed by atoms with van der Waals surface area (Å²) in [6.45, 7) is 4.60. The summed E-state index contributed by atoms with van der Waals surface area (Å²) >= 11 is 0. The van der Waals surface area contributed by atoms with Gasteiger partial charge in [-0.15, -0.1) is 0 Å². The van der Waals surface area contributed by atoms with Gasteiger partial charge in [-0.25, -0.2) is 0 Å². The highest BCUT2D eigenvalue weighted by Crippen LogP contribution is 2.43. The Balaban J connectivity index is 1.44. The van der Waals surface area contributed by atoms with Crippen LogP contribution in [0.1, 0.15) is 50.7 Å². The molecule has 0 spiro atoms. The molecule has 0 saturated carbocycles. The Morgan fingerprint density at radius 2 is 0.933 bits per heavy atom. The highest BCUT2D eigenvalue weighted by atomic mass is 15.1. The lowest BCUT2D eigenvalue weighted by Crippen LogP contribution is -2.10. The van der Waals surface area contributed by atoms with E-state index in [0.717, 1.165) is 37.1 Å².